The first kappa shape index (κ1) is 18.1. The Hall–Kier alpha value is -2.66. The molecule has 0 N–H and O–H groups in total. The second kappa shape index (κ2) is 7.30. The number of ether oxygens (including phenoxy) is 1. The quantitative estimate of drug-likeness (QED) is 0.469. The molecule has 1 aliphatic heterocycles. The molecule has 0 saturated carbocycles. The second-order valence-electron chi connectivity index (χ2n) is 6.10. The van der Waals surface area contributed by atoms with E-state index in [1.807, 2.05) is 19.1 Å². The molecule has 1 amide bonds. The van der Waals surface area contributed by atoms with Gasteiger partial charge in [0.15, 0.2) is 0 Å². The fourth-order valence-corrected chi connectivity index (χ4v) is 3.25. The number of carbonyl (C=O) groups excluding carboxylic acids is 3. The van der Waals surface area contributed by atoms with E-state index in [2.05, 4.69) is 0 Å². The van der Waals surface area contributed by atoms with Crippen LogP contribution in [0.5, 0.6) is 0 Å². The van der Waals surface area contributed by atoms with Crippen LogP contribution in [-0.2, 0) is 19.1 Å². The molecule has 1 saturated heterocycles. The lowest BCUT2D eigenvalue weighted by molar-refractivity contribution is -0.152. The Morgan fingerprint density at radius 2 is 1.69 bits per heavy atom. The minimum Gasteiger partial charge on any atom is -0.465 e. The number of esters is 1. The lowest BCUT2D eigenvalue weighted by Crippen LogP contribution is -2.31. The third-order valence-corrected chi connectivity index (χ3v) is 4.62. The minimum absolute atomic E-state index is 0.134. The summed E-state index contributed by atoms with van der Waals surface area (Å²) in [6.45, 7) is 3.72. The summed E-state index contributed by atoms with van der Waals surface area (Å²) in [6.07, 6.45) is 0. The Kier molecular flexibility index (Phi) is 5.09. The molecule has 134 valence electrons. The minimum atomic E-state index is -1.20. The highest BCUT2D eigenvalue weighted by atomic mass is 35.5. The van der Waals surface area contributed by atoms with E-state index in [9.17, 15) is 14.4 Å². The van der Waals surface area contributed by atoms with E-state index in [4.69, 9.17) is 16.3 Å². The molecule has 0 aromatic heterocycles. The number of hydrogen-bond acceptors (Lipinski definition) is 4. The van der Waals surface area contributed by atoms with Gasteiger partial charge >= 0.3 is 5.97 Å². The monoisotopic (exact) mass is 371 g/mol. The summed E-state index contributed by atoms with van der Waals surface area (Å²) in [5, 5.41) is 0.527. The van der Waals surface area contributed by atoms with Crippen LogP contribution in [0.4, 0.5) is 5.69 Å². The molecule has 2 aromatic carbocycles. The van der Waals surface area contributed by atoms with Crippen LogP contribution in [0.3, 0.4) is 0 Å². The third kappa shape index (κ3) is 3.22. The zero-order valence-electron chi connectivity index (χ0n) is 14.4. The fraction of sp³-hybridized carbons (Fsp3) is 0.250. The van der Waals surface area contributed by atoms with E-state index < -0.39 is 29.6 Å². The van der Waals surface area contributed by atoms with E-state index >= 15 is 0 Å². The van der Waals surface area contributed by atoms with Crippen LogP contribution in [0, 0.1) is 12.8 Å². The van der Waals surface area contributed by atoms with Crippen LogP contribution >= 0.6 is 11.6 Å². The van der Waals surface area contributed by atoms with Crippen molar-refractivity contribution in [3.8, 4) is 0 Å². The van der Waals surface area contributed by atoms with E-state index in [1.54, 1.807) is 43.3 Å². The van der Waals surface area contributed by atoms with Crippen LogP contribution in [-0.4, -0.2) is 24.3 Å². The number of aryl methyl sites for hydroxylation is 1. The molecule has 1 heterocycles. The van der Waals surface area contributed by atoms with Crippen molar-refractivity contribution in [2.24, 2.45) is 5.92 Å². The summed E-state index contributed by atoms with van der Waals surface area (Å²) in [5.74, 6) is -3.37. The van der Waals surface area contributed by atoms with Gasteiger partial charge in [0.25, 0.3) is 5.91 Å². The van der Waals surface area contributed by atoms with Crippen LogP contribution in [0.2, 0.25) is 5.02 Å². The zero-order chi connectivity index (χ0) is 18.8. The van der Waals surface area contributed by atoms with Gasteiger partial charge in [0, 0.05) is 10.7 Å². The van der Waals surface area contributed by atoms with Gasteiger partial charge in [0.1, 0.15) is 5.92 Å². The normalized spacial score (nSPS) is 19.7. The standard InChI is InChI=1S/C20H18ClNO4/c1-3-26-20(25)16-17(13-6-8-14(21)9-7-13)22(19(24)18(16)23)15-10-4-12(2)5-11-15/h4-11,16-17H,3H2,1-2H3/t16-,17+/m1/s1. The molecule has 0 spiro atoms. The molecule has 2 atom stereocenters. The van der Waals surface area contributed by atoms with Gasteiger partial charge < -0.3 is 4.74 Å². The number of halogens is 1. The number of Topliss-reactive ketones (excluding diaryl/α,β-unsaturated/α-hetero) is 1. The van der Waals surface area contributed by atoms with Gasteiger partial charge in [-0.2, -0.15) is 0 Å². The number of rotatable bonds is 4. The summed E-state index contributed by atoms with van der Waals surface area (Å²) in [7, 11) is 0. The first-order valence-electron chi connectivity index (χ1n) is 8.30. The number of ketones is 1. The summed E-state index contributed by atoms with van der Waals surface area (Å²) in [5.41, 5.74) is 2.23. The molecule has 2 aromatic rings. The highest BCUT2D eigenvalue weighted by Gasteiger charge is 2.53. The van der Waals surface area contributed by atoms with E-state index in [0.717, 1.165) is 5.56 Å². The lowest BCUT2D eigenvalue weighted by atomic mass is 9.92. The van der Waals surface area contributed by atoms with Crippen molar-refractivity contribution in [1.29, 1.82) is 0 Å². The first-order chi connectivity index (χ1) is 12.4. The highest BCUT2D eigenvalue weighted by Crippen LogP contribution is 2.40. The lowest BCUT2D eigenvalue weighted by Gasteiger charge is -2.27. The topological polar surface area (TPSA) is 63.7 Å². The second-order valence-corrected chi connectivity index (χ2v) is 6.54. The van der Waals surface area contributed by atoms with Crippen molar-refractivity contribution in [2.45, 2.75) is 19.9 Å². The SMILES string of the molecule is CCOC(=O)[C@H]1C(=O)C(=O)N(c2ccc(C)cc2)[C@H]1c1ccc(Cl)cc1. The van der Waals surface area contributed by atoms with Crippen molar-refractivity contribution in [3.05, 3.63) is 64.7 Å². The van der Waals surface area contributed by atoms with Crippen molar-refractivity contribution >= 4 is 34.9 Å². The van der Waals surface area contributed by atoms with Gasteiger partial charge in [-0.25, -0.2) is 0 Å². The van der Waals surface area contributed by atoms with Crippen molar-refractivity contribution < 1.29 is 19.1 Å². The Bertz CT molecular complexity index is 845. The number of amides is 1. The molecule has 26 heavy (non-hydrogen) atoms. The van der Waals surface area contributed by atoms with Crippen molar-refractivity contribution in [2.75, 3.05) is 11.5 Å². The molecular formula is C20H18ClNO4. The van der Waals surface area contributed by atoms with Crippen LogP contribution in [0.1, 0.15) is 24.1 Å². The maximum Gasteiger partial charge on any atom is 0.319 e. The highest BCUT2D eigenvalue weighted by molar-refractivity contribution is 6.47. The molecule has 0 radical (unpaired) electrons. The molecule has 6 heteroatoms. The summed E-state index contributed by atoms with van der Waals surface area (Å²) < 4.78 is 5.06. The molecule has 5 nitrogen and oxygen atoms in total. The average Bonchev–Trinajstić information content (AvgIpc) is 2.88. The van der Waals surface area contributed by atoms with E-state index in [1.165, 1.54) is 4.90 Å². The fourth-order valence-electron chi connectivity index (χ4n) is 3.12. The number of nitrogens with zero attached hydrogens (tertiary/aromatic N) is 1. The maximum atomic E-state index is 12.7. The molecule has 0 unspecified atom stereocenters. The van der Waals surface area contributed by atoms with Crippen LogP contribution in [0.15, 0.2) is 48.5 Å². The first-order valence-corrected chi connectivity index (χ1v) is 8.68. The van der Waals surface area contributed by atoms with Crippen molar-refractivity contribution in [3.63, 3.8) is 0 Å². The Morgan fingerprint density at radius 3 is 2.27 bits per heavy atom. The van der Waals surface area contributed by atoms with Crippen molar-refractivity contribution in [1.82, 2.24) is 0 Å². The summed E-state index contributed by atoms with van der Waals surface area (Å²) in [6, 6.07) is 13.2. The zero-order valence-corrected chi connectivity index (χ0v) is 15.2. The summed E-state index contributed by atoms with van der Waals surface area (Å²) >= 11 is 5.96. The molecule has 0 aliphatic carbocycles. The van der Waals surface area contributed by atoms with Gasteiger partial charge in [-0.15, -0.1) is 0 Å². The molecule has 3 rings (SSSR count). The number of hydrogen-bond donors (Lipinski definition) is 0. The Labute approximate surface area is 156 Å². The maximum absolute atomic E-state index is 12.7. The summed E-state index contributed by atoms with van der Waals surface area (Å²) in [4.78, 5) is 39.1. The molecule has 1 fully saturated rings. The molecule has 0 bridgehead atoms. The Morgan fingerprint density at radius 1 is 1.08 bits per heavy atom. The predicted molar refractivity (Wildman–Crippen MR) is 98.0 cm³/mol. The van der Waals surface area contributed by atoms with E-state index in [0.29, 0.717) is 16.3 Å². The van der Waals surface area contributed by atoms with Gasteiger partial charge in [-0.3, -0.25) is 19.3 Å². The predicted octanol–water partition coefficient (Wildman–Crippen LogP) is 3.48. The number of carbonyl (C=O) groups is 3. The molecular weight excluding hydrogens is 354 g/mol. The average molecular weight is 372 g/mol. The van der Waals surface area contributed by atoms with Crippen LogP contribution < -0.4 is 4.90 Å². The number of anilines is 1. The van der Waals surface area contributed by atoms with Gasteiger partial charge in [-0.05, 0) is 43.7 Å². The smallest absolute Gasteiger partial charge is 0.319 e. The molecule has 1 aliphatic rings. The Balaban J connectivity index is 2.12. The van der Waals surface area contributed by atoms with E-state index in [-0.39, 0.29) is 6.61 Å². The number of benzene rings is 2. The van der Waals surface area contributed by atoms with Gasteiger partial charge in [0.2, 0.25) is 5.78 Å². The van der Waals surface area contributed by atoms with Crippen LogP contribution in [0.25, 0.3) is 0 Å². The third-order valence-electron chi connectivity index (χ3n) is 4.37. The van der Waals surface area contributed by atoms with Gasteiger partial charge in [0.05, 0.1) is 12.6 Å². The van der Waals surface area contributed by atoms with Gasteiger partial charge in [-0.1, -0.05) is 41.4 Å². The largest absolute Gasteiger partial charge is 0.465 e.